The number of halogens is 1. The summed E-state index contributed by atoms with van der Waals surface area (Å²) in [6, 6.07) is 7.58. The molecule has 1 amide bonds. The van der Waals surface area contributed by atoms with Crippen LogP contribution in [0.2, 0.25) is 0 Å². The van der Waals surface area contributed by atoms with Gasteiger partial charge >= 0.3 is 5.97 Å². The van der Waals surface area contributed by atoms with E-state index in [4.69, 9.17) is 9.84 Å². The van der Waals surface area contributed by atoms with Crippen molar-refractivity contribution < 1.29 is 19.4 Å². The number of hydrogen-bond donors (Lipinski definition) is 1. The van der Waals surface area contributed by atoms with Gasteiger partial charge in [0, 0.05) is 17.6 Å². The van der Waals surface area contributed by atoms with E-state index in [2.05, 4.69) is 15.9 Å². The van der Waals surface area contributed by atoms with Crippen molar-refractivity contribution in [2.75, 3.05) is 13.2 Å². The van der Waals surface area contributed by atoms with Crippen LogP contribution in [0.1, 0.15) is 25.8 Å². The van der Waals surface area contributed by atoms with Gasteiger partial charge < -0.3 is 14.7 Å². The number of carboxylic acids is 1. The van der Waals surface area contributed by atoms with E-state index in [0.29, 0.717) is 6.54 Å². The van der Waals surface area contributed by atoms with Gasteiger partial charge in [0.25, 0.3) is 0 Å². The van der Waals surface area contributed by atoms with E-state index < -0.39 is 5.97 Å². The number of aliphatic carboxylic acids is 1. The molecule has 0 atom stereocenters. The Morgan fingerprint density at radius 3 is 2.67 bits per heavy atom. The van der Waals surface area contributed by atoms with Crippen LogP contribution < -0.4 is 0 Å². The van der Waals surface area contributed by atoms with Crippen molar-refractivity contribution in [1.29, 1.82) is 0 Å². The molecular formula is C15H20BrNO4. The molecule has 0 heterocycles. The van der Waals surface area contributed by atoms with Crippen LogP contribution in [-0.2, 0) is 20.9 Å². The first-order chi connectivity index (χ1) is 9.88. The van der Waals surface area contributed by atoms with E-state index in [1.54, 1.807) is 0 Å². The maximum atomic E-state index is 12.1. The predicted octanol–water partition coefficient (Wildman–Crippen LogP) is 2.68. The SMILES string of the molecule is CC(C)OCC(=O)N(CCC(=O)O)Cc1cccc(Br)c1. The molecule has 116 valence electrons. The summed E-state index contributed by atoms with van der Waals surface area (Å²) in [7, 11) is 0. The topological polar surface area (TPSA) is 66.8 Å². The van der Waals surface area contributed by atoms with Crippen molar-refractivity contribution in [3.63, 3.8) is 0 Å². The molecule has 0 aromatic heterocycles. The minimum atomic E-state index is -0.924. The largest absolute Gasteiger partial charge is 0.481 e. The summed E-state index contributed by atoms with van der Waals surface area (Å²) < 4.78 is 6.23. The highest BCUT2D eigenvalue weighted by molar-refractivity contribution is 9.10. The first-order valence-corrected chi connectivity index (χ1v) is 7.53. The normalized spacial score (nSPS) is 10.7. The Kier molecular flexibility index (Phi) is 7.39. The van der Waals surface area contributed by atoms with Gasteiger partial charge in [0.15, 0.2) is 0 Å². The van der Waals surface area contributed by atoms with Crippen molar-refractivity contribution in [2.45, 2.75) is 32.9 Å². The summed E-state index contributed by atoms with van der Waals surface area (Å²) in [6.45, 7) is 4.20. The molecule has 1 aromatic rings. The fraction of sp³-hybridized carbons (Fsp3) is 0.467. The van der Waals surface area contributed by atoms with E-state index in [1.165, 1.54) is 4.90 Å². The van der Waals surface area contributed by atoms with Crippen LogP contribution in [-0.4, -0.2) is 41.1 Å². The molecule has 0 radical (unpaired) electrons. The second kappa shape index (κ2) is 8.79. The van der Waals surface area contributed by atoms with Crippen LogP contribution in [0.4, 0.5) is 0 Å². The number of carboxylic acid groups (broad SMARTS) is 1. The molecule has 0 fully saturated rings. The van der Waals surface area contributed by atoms with Gasteiger partial charge in [-0.3, -0.25) is 9.59 Å². The Morgan fingerprint density at radius 1 is 1.38 bits per heavy atom. The minimum Gasteiger partial charge on any atom is -0.481 e. The monoisotopic (exact) mass is 357 g/mol. The molecule has 0 bridgehead atoms. The lowest BCUT2D eigenvalue weighted by Gasteiger charge is -2.23. The minimum absolute atomic E-state index is 0.0364. The van der Waals surface area contributed by atoms with Crippen LogP contribution >= 0.6 is 15.9 Å². The fourth-order valence-corrected chi connectivity index (χ4v) is 2.15. The van der Waals surface area contributed by atoms with Gasteiger partial charge in [-0.25, -0.2) is 0 Å². The second-order valence-corrected chi connectivity index (χ2v) is 5.86. The van der Waals surface area contributed by atoms with Crippen molar-refractivity contribution in [2.24, 2.45) is 0 Å². The molecule has 1 rings (SSSR count). The highest BCUT2D eigenvalue weighted by atomic mass is 79.9. The summed E-state index contributed by atoms with van der Waals surface area (Å²) in [5.74, 6) is -1.13. The molecule has 21 heavy (non-hydrogen) atoms. The summed E-state index contributed by atoms with van der Waals surface area (Å²) in [5, 5.41) is 8.80. The molecule has 0 saturated heterocycles. The van der Waals surface area contributed by atoms with Crippen LogP contribution in [0.15, 0.2) is 28.7 Å². The number of amides is 1. The van der Waals surface area contributed by atoms with E-state index >= 15 is 0 Å². The average Bonchev–Trinajstić information content (AvgIpc) is 2.40. The van der Waals surface area contributed by atoms with Crippen molar-refractivity contribution in [1.82, 2.24) is 4.90 Å². The van der Waals surface area contributed by atoms with Crippen molar-refractivity contribution in [3.05, 3.63) is 34.3 Å². The Hall–Kier alpha value is -1.40. The Labute approximate surface area is 133 Å². The highest BCUT2D eigenvalue weighted by Crippen LogP contribution is 2.14. The number of hydrogen-bond acceptors (Lipinski definition) is 3. The number of ether oxygens (including phenoxy) is 1. The zero-order valence-corrected chi connectivity index (χ0v) is 13.8. The average molecular weight is 358 g/mol. The van der Waals surface area contributed by atoms with Gasteiger partial charge in [-0.05, 0) is 31.5 Å². The van der Waals surface area contributed by atoms with Crippen molar-refractivity contribution in [3.8, 4) is 0 Å². The third kappa shape index (κ3) is 7.24. The first kappa shape index (κ1) is 17.7. The van der Waals surface area contributed by atoms with Gasteiger partial charge in [0.2, 0.25) is 5.91 Å². The summed E-state index contributed by atoms with van der Waals surface area (Å²) in [6.07, 6.45) is -0.123. The summed E-state index contributed by atoms with van der Waals surface area (Å²) in [5.41, 5.74) is 0.938. The summed E-state index contributed by atoms with van der Waals surface area (Å²) in [4.78, 5) is 24.4. The third-order valence-electron chi connectivity index (χ3n) is 2.75. The fourth-order valence-electron chi connectivity index (χ4n) is 1.71. The van der Waals surface area contributed by atoms with Crippen LogP contribution in [0, 0.1) is 0 Å². The Bertz CT molecular complexity index is 490. The highest BCUT2D eigenvalue weighted by Gasteiger charge is 2.16. The van der Waals surface area contributed by atoms with Gasteiger partial charge in [0.05, 0.1) is 12.5 Å². The van der Waals surface area contributed by atoms with Gasteiger partial charge in [-0.15, -0.1) is 0 Å². The molecule has 0 aliphatic rings. The molecule has 5 nitrogen and oxygen atoms in total. The van der Waals surface area contributed by atoms with Crippen molar-refractivity contribution >= 4 is 27.8 Å². The molecule has 0 spiro atoms. The predicted molar refractivity (Wildman–Crippen MR) is 82.9 cm³/mol. The lowest BCUT2D eigenvalue weighted by atomic mass is 10.2. The summed E-state index contributed by atoms with van der Waals surface area (Å²) >= 11 is 3.38. The Morgan fingerprint density at radius 2 is 2.10 bits per heavy atom. The van der Waals surface area contributed by atoms with Crippen LogP contribution in [0.5, 0.6) is 0 Å². The first-order valence-electron chi connectivity index (χ1n) is 6.74. The van der Waals surface area contributed by atoms with E-state index in [1.807, 2.05) is 38.1 Å². The zero-order valence-electron chi connectivity index (χ0n) is 12.2. The number of benzene rings is 1. The Balaban J connectivity index is 2.71. The molecule has 0 aliphatic heterocycles. The van der Waals surface area contributed by atoms with Crippen LogP contribution in [0.3, 0.4) is 0 Å². The maximum absolute atomic E-state index is 12.1. The smallest absolute Gasteiger partial charge is 0.305 e. The van der Waals surface area contributed by atoms with Gasteiger partial charge in [-0.1, -0.05) is 28.1 Å². The third-order valence-corrected chi connectivity index (χ3v) is 3.24. The molecular weight excluding hydrogens is 338 g/mol. The standard InChI is InChI=1S/C15H20BrNO4/c1-11(2)21-10-14(18)17(7-6-15(19)20)9-12-4-3-5-13(16)8-12/h3-5,8,11H,6-7,9-10H2,1-2H3,(H,19,20). The molecule has 0 aliphatic carbocycles. The van der Waals surface area contributed by atoms with Crippen LogP contribution in [0.25, 0.3) is 0 Å². The molecule has 1 aromatic carbocycles. The van der Waals surface area contributed by atoms with E-state index in [9.17, 15) is 9.59 Å². The molecule has 1 N–H and O–H groups in total. The van der Waals surface area contributed by atoms with E-state index in [0.717, 1.165) is 10.0 Å². The lowest BCUT2D eigenvalue weighted by Crippen LogP contribution is -2.35. The second-order valence-electron chi connectivity index (χ2n) is 4.95. The van der Waals surface area contributed by atoms with E-state index in [-0.39, 0.29) is 31.6 Å². The number of rotatable bonds is 8. The molecule has 0 saturated carbocycles. The number of nitrogens with zero attached hydrogens (tertiary/aromatic N) is 1. The van der Waals surface area contributed by atoms with Gasteiger partial charge in [0.1, 0.15) is 6.61 Å². The number of carbonyl (C=O) groups is 2. The maximum Gasteiger partial charge on any atom is 0.305 e. The molecule has 6 heteroatoms. The lowest BCUT2D eigenvalue weighted by molar-refractivity contribution is -0.141. The zero-order chi connectivity index (χ0) is 15.8. The molecule has 0 unspecified atom stereocenters. The quantitative estimate of drug-likeness (QED) is 0.776. The van der Waals surface area contributed by atoms with Gasteiger partial charge in [-0.2, -0.15) is 0 Å². The number of carbonyl (C=O) groups excluding carboxylic acids is 1.